The molecule has 0 aliphatic heterocycles. The fourth-order valence-electron chi connectivity index (χ4n) is 2.06. The van der Waals surface area contributed by atoms with Crippen molar-refractivity contribution in [1.29, 1.82) is 0 Å². The average Bonchev–Trinajstić information content (AvgIpc) is 2.63. The standard InChI is InChI=1S/C19H19Cl2NO5/c1-3-25-19(24)12(2)27-15-7-5-14(6-8-15)22-18(23)11-26-17-9-4-13(20)10-16(17)21/h4-10,12H,3,11H2,1-2H3,(H,22,23). The van der Waals surface area contributed by atoms with Gasteiger partial charge in [0.25, 0.3) is 5.91 Å². The quantitative estimate of drug-likeness (QED) is 0.653. The summed E-state index contributed by atoms with van der Waals surface area (Å²) in [5.74, 6) is 0.0631. The van der Waals surface area contributed by atoms with Crippen LogP contribution in [0.2, 0.25) is 10.0 Å². The predicted octanol–water partition coefficient (Wildman–Crippen LogP) is 4.34. The number of ether oxygens (including phenoxy) is 3. The van der Waals surface area contributed by atoms with E-state index in [4.69, 9.17) is 37.4 Å². The topological polar surface area (TPSA) is 73.9 Å². The number of carbonyl (C=O) groups is 2. The first-order valence-corrected chi connectivity index (χ1v) is 8.95. The lowest BCUT2D eigenvalue weighted by Crippen LogP contribution is -2.26. The molecule has 2 aromatic rings. The molecule has 0 bridgehead atoms. The van der Waals surface area contributed by atoms with Crippen molar-refractivity contribution in [3.05, 3.63) is 52.5 Å². The lowest BCUT2D eigenvalue weighted by Gasteiger charge is -2.14. The zero-order valence-electron chi connectivity index (χ0n) is 14.8. The van der Waals surface area contributed by atoms with Gasteiger partial charge in [-0.05, 0) is 56.3 Å². The summed E-state index contributed by atoms with van der Waals surface area (Å²) >= 11 is 11.8. The van der Waals surface area contributed by atoms with Crippen LogP contribution in [-0.2, 0) is 14.3 Å². The van der Waals surface area contributed by atoms with E-state index in [0.717, 1.165) is 0 Å². The second-order valence-corrected chi connectivity index (χ2v) is 6.29. The van der Waals surface area contributed by atoms with Gasteiger partial charge < -0.3 is 19.5 Å². The maximum atomic E-state index is 12.0. The van der Waals surface area contributed by atoms with E-state index in [-0.39, 0.29) is 12.5 Å². The summed E-state index contributed by atoms with van der Waals surface area (Å²) in [4.78, 5) is 23.5. The van der Waals surface area contributed by atoms with E-state index < -0.39 is 12.1 Å². The highest BCUT2D eigenvalue weighted by molar-refractivity contribution is 6.35. The van der Waals surface area contributed by atoms with Gasteiger partial charge in [0.1, 0.15) is 11.5 Å². The van der Waals surface area contributed by atoms with Gasteiger partial charge in [-0.3, -0.25) is 4.79 Å². The third-order valence-electron chi connectivity index (χ3n) is 3.32. The molecule has 8 heteroatoms. The summed E-state index contributed by atoms with van der Waals surface area (Å²) < 4.78 is 15.7. The Hall–Kier alpha value is -2.44. The molecule has 1 amide bonds. The van der Waals surface area contributed by atoms with E-state index in [1.807, 2.05) is 0 Å². The molecule has 0 saturated heterocycles. The molecule has 1 unspecified atom stereocenters. The van der Waals surface area contributed by atoms with Crippen LogP contribution in [0.5, 0.6) is 11.5 Å². The highest BCUT2D eigenvalue weighted by Gasteiger charge is 2.15. The van der Waals surface area contributed by atoms with Crippen molar-refractivity contribution >= 4 is 40.8 Å². The summed E-state index contributed by atoms with van der Waals surface area (Å²) in [5, 5.41) is 3.50. The van der Waals surface area contributed by atoms with E-state index in [0.29, 0.717) is 33.8 Å². The van der Waals surface area contributed by atoms with E-state index in [9.17, 15) is 9.59 Å². The molecule has 2 rings (SSSR count). The maximum Gasteiger partial charge on any atom is 0.347 e. The molecule has 0 aromatic heterocycles. The van der Waals surface area contributed by atoms with E-state index >= 15 is 0 Å². The van der Waals surface area contributed by atoms with Crippen LogP contribution in [0.3, 0.4) is 0 Å². The third-order valence-corrected chi connectivity index (χ3v) is 3.85. The van der Waals surface area contributed by atoms with Crippen LogP contribution in [0.4, 0.5) is 5.69 Å². The van der Waals surface area contributed by atoms with Gasteiger partial charge in [0.2, 0.25) is 0 Å². The third kappa shape index (κ3) is 6.66. The number of amides is 1. The molecule has 0 spiro atoms. The monoisotopic (exact) mass is 411 g/mol. The summed E-state index contributed by atoms with van der Waals surface area (Å²) in [6.07, 6.45) is -0.720. The molecule has 1 N–H and O–H groups in total. The van der Waals surface area contributed by atoms with E-state index in [1.165, 1.54) is 6.07 Å². The Kier molecular flexibility index (Phi) is 7.76. The van der Waals surface area contributed by atoms with Gasteiger partial charge in [-0.25, -0.2) is 4.79 Å². The first kappa shape index (κ1) is 20.9. The number of esters is 1. The van der Waals surface area contributed by atoms with E-state index in [2.05, 4.69) is 5.32 Å². The number of hydrogen-bond acceptors (Lipinski definition) is 5. The SMILES string of the molecule is CCOC(=O)C(C)Oc1ccc(NC(=O)COc2ccc(Cl)cc2Cl)cc1. The number of carbonyl (C=O) groups excluding carboxylic acids is 2. The Labute approximate surface area is 167 Å². The van der Waals surface area contributed by atoms with Crippen LogP contribution in [-0.4, -0.2) is 31.2 Å². The lowest BCUT2D eigenvalue weighted by atomic mass is 10.3. The van der Waals surface area contributed by atoms with Crippen molar-refractivity contribution in [1.82, 2.24) is 0 Å². The van der Waals surface area contributed by atoms with Gasteiger partial charge in [-0.15, -0.1) is 0 Å². The first-order valence-electron chi connectivity index (χ1n) is 8.20. The number of benzene rings is 2. The number of nitrogens with one attached hydrogen (secondary N) is 1. The van der Waals surface area contributed by atoms with Gasteiger partial charge in [0.05, 0.1) is 11.6 Å². The second-order valence-electron chi connectivity index (χ2n) is 5.45. The van der Waals surface area contributed by atoms with Crippen molar-refractivity contribution < 1.29 is 23.8 Å². The van der Waals surface area contributed by atoms with Crippen LogP contribution in [0, 0.1) is 0 Å². The van der Waals surface area contributed by atoms with Gasteiger partial charge >= 0.3 is 5.97 Å². The number of anilines is 1. The highest BCUT2D eigenvalue weighted by atomic mass is 35.5. The number of hydrogen-bond donors (Lipinski definition) is 1. The molecule has 0 aliphatic carbocycles. The zero-order valence-corrected chi connectivity index (χ0v) is 16.3. The van der Waals surface area contributed by atoms with Gasteiger partial charge in [0.15, 0.2) is 12.7 Å². The van der Waals surface area contributed by atoms with Crippen LogP contribution in [0.1, 0.15) is 13.8 Å². The van der Waals surface area contributed by atoms with Gasteiger partial charge in [0, 0.05) is 10.7 Å². The Balaban J connectivity index is 1.84. The fourth-order valence-corrected chi connectivity index (χ4v) is 2.52. The van der Waals surface area contributed by atoms with Crippen molar-refractivity contribution in [3.63, 3.8) is 0 Å². The normalized spacial score (nSPS) is 11.4. The van der Waals surface area contributed by atoms with E-state index in [1.54, 1.807) is 50.2 Å². The predicted molar refractivity (Wildman–Crippen MR) is 104 cm³/mol. The second kappa shape index (κ2) is 10.0. The molecule has 0 saturated carbocycles. The first-order chi connectivity index (χ1) is 12.9. The summed E-state index contributed by atoms with van der Waals surface area (Å²) in [6.45, 7) is 3.42. The highest BCUT2D eigenvalue weighted by Crippen LogP contribution is 2.27. The molecule has 2 aromatic carbocycles. The number of halogens is 2. The summed E-state index contributed by atoms with van der Waals surface area (Å²) in [7, 11) is 0. The molecule has 144 valence electrons. The molecule has 6 nitrogen and oxygen atoms in total. The molecular weight excluding hydrogens is 393 g/mol. The van der Waals surface area contributed by atoms with Crippen molar-refractivity contribution in [2.75, 3.05) is 18.5 Å². The summed E-state index contributed by atoms with van der Waals surface area (Å²) in [6, 6.07) is 11.3. The van der Waals surface area contributed by atoms with Crippen LogP contribution in [0.25, 0.3) is 0 Å². The molecule has 0 aliphatic rings. The lowest BCUT2D eigenvalue weighted by molar-refractivity contribution is -0.150. The molecule has 0 radical (unpaired) electrons. The molecular formula is C19H19Cl2NO5. The Morgan fingerprint density at radius 2 is 1.81 bits per heavy atom. The molecule has 0 fully saturated rings. The minimum absolute atomic E-state index is 0.209. The number of rotatable bonds is 8. The minimum atomic E-state index is -0.720. The molecule has 1 atom stereocenters. The van der Waals surface area contributed by atoms with Crippen LogP contribution >= 0.6 is 23.2 Å². The molecule has 27 heavy (non-hydrogen) atoms. The van der Waals surface area contributed by atoms with Gasteiger partial charge in [-0.2, -0.15) is 0 Å². The molecule has 0 heterocycles. The minimum Gasteiger partial charge on any atom is -0.482 e. The Bertz CT molecular complexity index is 795. The van der Waals surface area contributed by atoms with Crippen molar-refractivity contribution in [2.45, 2.75) is 20.0 Å². The average molecular weight is 412 g/mol. The van der Waals surface area contributed by atoms with Gasteiger partial charge in [-0.1, -0.05) is 23.2 Å². The largest absolute Gasteiger partial charge is 0.482 e. The smallest absolute Gasteiger partial charge is 0.347 e. The summed E-state index contributed by atoms with van der Waals surface area (Å²) in [5.41, 5.74) is 0.557. The Morgan fingerprint density at radius 3 is 2.44 bits per heavy atom. The zero-order chi connectivity index (χ0) is 19.8. The van der Waals surface area contributed by atoms with Crippen molar-refractivity contribution in [3.8, 4) is 11.5 Å². The maximum absolute atomic E-state index is 12.0. The van der Waals surface area contributed by atoms with Crippen LogP contribution < -0.4 is 14.8 Å². The Morgan fingerprint density at radius 1 is 1.11 bits per heavy atom. The fraction of sp³-hybridized carbons (Fsp3) is 0.263. The van der Waals surface area contributed by atoms with Crippen LogP contribution in [0.15, 0.2) is 42.5 Å². The van der Waals surface area contributed by atoms with Crippen molar-refractivity contribution in [2.24, 2.45) is 0 Å².